The van der Waals surface area contributed by atoms with E-state index in [1.807, 2.05) is 13.0 Å². The van der Waals surface area contributed by atoms with Crippen molar-refractivity contribution < 1.29 is 14.7 Å². The number of aromatic nitrogens is 2. The fourth-order valence-corrected chi connectivity index (χ4v) is 1.95. The minimum atomic E-state index is -1.13. The molecule has 0 saturated heterocycles. The molecule has 0 unspecified atom stereocenters. The van der Waals surface area contributed by atoms with E-state index in [1.165, 1.54) is 6.07 Å². The Kier molecular flexibility index (Phi) is 3.66. The van der Waals surface area contributed by atoms with Gasteiger partial charge in [0.1, 0.15) is 5.69 Å². The molecule has 2 aromatic rings. The van der Waals surface area contributed by atoms with Crippen molar-refractivity contribution in [3.05, 3.63) is 45.6 Å². The lowest BCUT2D eigenvalue weighted by molar-refractivity contribution is 0.0690. The Morgan fingerprint density at radius 3 is 2.79 bits per heavy atom. The highest BCUT2D eigenvalue weighted by Gasteiger charge is 2.14. The number of halogens is 1. The molecule has 6 nitrogen and oxygen atoms in total. The number of hydrogen-bond donors (Lipinski definition) is 3. The Bertz CT molecular complexity index is 651. The Balaban J connectivity index is 2.21. The second-order valence-electron chi connectivity index (χ2n) is 3.86. The van der Waals surface area contributed by atoms with Gasteiger partial charge < -0.3 is 10.4 Å². The first-order chi connectivity index (χ1) is 8.99. The minimum Gasteiger partial charge on any atom is -0.477 e. The molecule has 0 spiro atoms. The Morgan fingerprint density at radius 1 is 1.42 bits per heavy atom. The largest absolute Gasteiger partial charge is 0.477 e. The molecule has 0 saturated carbocycles. The third-order valence-corrected chi connectivity index (χ3v) is 3.54. The van der Waals surface area contributed by atoms with Gasteiger partial charge in [0.15, 0.2) is 5.82 Å². The van der Waals surface area contributed by atoms with Gasteiger partial charge in [-0.15, -0.1) is 0 Å². The van der Waals surface area contributed by atoms with Gasteiger partial charge >= 0.3 is 5.97 Å². The molecule has 0 bridgehead atoms. The van der Waals surface area contributed by atoms with Crippen LogP contribution in [0.2, 0.25) is 0 Å². The lowest BCUT2D eigenvalue weighted by Crippen LogP contribution is -2.13. The molecule has 0 fully saturated rings. The summed E-state index contributed by atoms with van der Waals surface area (Å²) in [6.07, 6.45) is 0. The van der Waals surface area contributed by atoms with Crippen molar-refractivity contribution >= 4 is 33.6 Å². The molecule has 1 amide bonds. The summed E-state index contributed by atoms with van der Waals surface area (Å²) < 4.78 is 0.696. The zero-order chi connectivity index (χ0) is 14.0. The van der Waals surface area contributed by atoms with Crippen molar-refractivity contribution in [1.29, 1.82) is 0 Å². The van der Waals surface area contributed by atoms with Gasteiger partial charge in [0.05, 0.1) is 5.56 Å². The first kappa shape index (κ1) is 13.3. The van der Waals surface area contributed by atoms with Crippen LogP contribution in [0.1, 0.15) is 26.4 Å². The lowest BCUT2D eigenvalue weighted by atomic mass is 10.1. The number of carbonyl (C=O) groups excluding carboxylic acids is 1. The van der Waals surface area contributed by atoms with Crippen molar-refractivity contribution in [2.45, 2.75) is 6.92 Å². The van der Waals surface area contributed by atoms with Crippen LogP contribution in [-0.2, 0) is 0 Å². The monoisotopic (exact) mass is 323 g/mol. The van der Waals surface area contributed by atoms with E-state index < -0.39 is 5.97 Å². The standard InChI is InChI=1S/C12H10BrN3O3/c1-6-3-2-4-7(10(6)13)11(17)14-9-5-8(12(18)19)15-16-9/h2-5H,1H3,(H,18,19)(H2,14,15,16,17). The van der Waals surface area contributed by atoms with E-state index in [0.29, 0.717) is 10.0 Å². The van der Waals surface area contributed by atoms with Crippen LogP contribution in [0, 0.1) is 6.92 Å². The van der Waals surface area contributed by atoms with Crippen LogP contribution in [0.5, 0.6) is 0 Å². The molecule has 0 aliphatic rings. The maximum atomic E-state index is 12.0. The molecular weight excluding hydrogens is 314 g/mol. The third kappa shape index (κ3) is 2.82. The molecule has 2 rings (SSSR count). The molecular formula is C12H10BrN3O3. The maximum Gasteiger partial charge on any atom is 0.353 e. The van der Waals surface area contributed by atoms with Gasteiger partial charge in [0.2, 0.25) is 0 Å². The number of anilines is 1. The number of amides is 1. The topological polar surface area (TPSA) is 95.1 Å². The summed E-state index contributed by atoms with van der Waals surface area (Å²) in [5.74, 6) is -1.33. The quantitative estimate of drug-likeness (QED) is 0.808. The molecule has 0 aliphatic carbocycles. The van der Waals surface area contributed by atoms with E-state index in [1.54, 1.807) is 12.1 Å². The summed E-state index contributed by atoms with van der Waals surface area (Å²) in [5.41, 5.74) is 1.30. The molecule has 0 aliphatic heterocycles. The molecule has 7 heteroatoms. The lowest BCUT2D eigenvalue weighted by Gasteiger charge is -2.06. The number of H-pyrrole nitrogens is 1. The van der Waals surface area contributed by atoms with Gasteiger partial charge in [-0.3, -0.25) is 9.89 Å². The number of carboxylic acid groups (broad SMARTS) is 1. The van der Waals surface area contributed by atoms with Gasteiger partial charge in [-0.2, -0.15) is 5.10 Å². The molecule has 3 N–H and O–H groups in total. The van der Waals surface area contributed by atoms with Gasteiger partial charge in [-0.25, -0.2) is 4.79 Å². The molecule has 1 aromatic heterocycles. The minimum absolute atomic E-state index is 0.0846. The van der Waals surface area contributed by atoms with Crippen LogP contribution >= 0.6 is 15.9 Å². The maximum absolute atomic E-state index is 12.0. The highest BCUT2D eigenvalue weighted by molar-refractivity contribution is 9.10. The zero-order valence-corrected chi connectivity index (χ0v) is 11.5. The Hall–Kier alpha value is -2.15. The normalized spacial score (nSPS) is 10.2. The number of carboxylic acids is 1. The number of benzene rings is 1. The smallest absolute Gasteiger partial charge is 0.353 e. The number of aryl methyl sites for hydroxylation is 1. The predicted octanol–water partition coefficient (Wildman–Crippen LogP) is 2.43. The van der Waals surface area contributed by atoms with Crippen LogP contribution in [0.25, 0.3) is 0 Å². The van der Waals surface area contributed by atoms with E-state index in [-0.39, 0.29) is 17.4 Å². The summed E-state index contributed by atoms with van der Waals surface area (Å²) >= 11 is 3.34. The van der Waals surface area contributed by atoms with Crippen LogP contribution in [0.15, 0.2) is 28.7 Å². The molecule has 19 heavy (non-hydrogen) atoms. The first-order valence-electron chi connectivity index (χ1n) is 5.34. The number of rotatable bonds is 3. The average Bonchev–Trinajstić information content (AvgIpc) is 2.81. The molecule has 0 atom stereocenters. The number of nitrogens with zero attached hydrogens (tertiary/aromatic N) is 1. The number of hydrogen-bond acceptors (Lipinski definition) is 3. The van der Waals surface area contributed by atoms with E-state index in [4.69, 9.17) is 5.11 Å². The van der Waals surface area contributed by atoms with Crippen molar-refractivity contribution in [2.24, 2.45) is 0 Å². The van der Waals surface area contributed by atoms with Crippen LogP contribution < -0.4 is 5.32 Å². The number of carbonyl (C=O) groups is 2. The van der Waals surface area contributed by atoms with Crippen molar-refractivity contribution in [2.75, 3.05) is 5.32 Å². The molecule has 1 aromatic carbocycles. The highest BCUT2D eigenvalue weighted by Crippen LogP contribution is 2.21. The van der Waals surface area contributed by atoms with Crippen LogP contribution in [0.3, 0.4) is 0 Å². The van der Waals surface area contributed by atoms with Gasteiger partial charge in [-0.05, 0) is 34.5 Å². The predicted molar refractivity (Wildman–Crippen MR) is 72.4 cm³/mol. The van der Waals surface area contributed by atoms with E-state index in [2.05, 4.69) is 31.4 Å². The van der Waals surface area contributed by atoms with Crippen LogP contribution in [-0.4, -0.2) is 27.2 Å². The van der Waals surface area contributed by atoms with Crippen molar-refractivity contribution in [3.8, 4) is 0 Å². The molecule has 1 heterocycles. The summed E-state index contributed by atoms with van der Waals surface area (Å²) in [5, 5.41) is 17.3. The molecule has 0 radical (unpaired) electrons. The van der Waals surface area contributed by atoms with Gasteiger partial charge in [0, 0.05) is 10.5 Å². The summed E-state index contributed by atoms with van der Waals surface area (Å²) in [6.45, 7) is 1.87. The second-order valence-corrected chi connectivity index (χ2v) is 4.66. The SMILES string of the molecule is Cc1cccc(C(=O)Nc2cc(C(=O)O)[nH]n2)c1Br. The third-order valence-electron chi connectivity index (χ3n) is 2.49. The van der Waals surface area contributed by atoms with Gasteiger partial charge in [-0.1, -0.05) is 12.1 Å². The number of nitrogens with one attached hydrogen (secondary N) is 2. The first-order valence-corrected chi connectivity index (χ1v) is 6.13. The average molecular weight is 324 g/mol. The summed E-state index contributed by atoms with van der Waals surface area (Å²) in [4.78, 5) is 22.7. The van der Waals surface area contributed by atoms with E-state index in [9.17, 15) is 9.59 Å². The summed E-state index contributed by atoms with van der Waals surface area (Å²) in [6, 6.07) is 6.56. The van der Waals surface area contributed by atoms with E-state index in [0.717, 1.165) is 5.56 Å². The Morgan fingerprint density at radius 2 is 2.16 bits per heavy atom. The fraction of sp³-hybridized carbons (Fsp3) is 0.0833. The van der Waals surface area contributed by atoms with Crippen molar-refractivity contribution in [1.82, 2.24) is 10.2 Å². The molecule has 98 valence electrons. The Labute approximate surface area is 117 Å². The second kappa shape index (κ2) is 5.23. The number of aromatic amines is 1. The zero-order valence-electron chi connectivity index (χ0n) is 9.90. The van der Waals surface area contributed by atoms with Crippen LogP contribution in [0.4, 0.5) is 5.82 Å². The summed E-state index contributed by atoms with van der Waals surface area (Å²) in [7, 11) is 0. The van der Waals surface area contributed by atoms with Gasteiger partial charge in [0.25, 0.3) is 5.91 Å². The fourth-order valence-electron chi connectivity index (χ4n) is 1.50. The van der Waals surface area contributed by atoms with Crippen molar-refractivity contribution in [3.63, 3.8) is 0 Å². The highest BCUT2D eigenvalue weighted by atomic mass is 79.9. The van der Waals surface area contributed by atoms with E-state index >= 15 is 0 Å². The number of aromatic carboxylic acids is 1.